The number of nitrogens with zero attached hydrogens (tertiary/aromatic N) is 3. The third kappa shape index (κ3) is 5.23. The summed E-state index contributed by atoms with van der Waals surface area (Å²) in [5.41, 5.74) is 0.665. The van der Waals surface area contributed by atoms with E-state index < -0.39 is 6.10 Å². The quantitative estimate of drug-likeness (QED) is 0.654. The molecule has 132 valence electrons. The predicted octanol–water partition coefficient (Wildman–Crippen LogP) is 1.69. The van der Waals surface area contributed by atoms with Crippen molar-refractivity contribution in [2.75, 3.05) is 30.4 Å². The lowest BCUT2D eigenvalue weighted by Gasteiger charge is -2.18. The number of aromatic nitrogens is 2. The second kappa shape index (κ2) is 8.52. The molecule has 0 aliphatic carbocycles. The highest BCUT2D eigenvalue weighted by Crippen LogP contribution is 2.25. The highest BCUT2D eigenvalue weighted by atomic mass is 32.1. The highest BCUT2D eigenvalue weighted by Gasteiger charge is 2.14. The molecule has 0 saturated carbocycles. The SMILES string of the molecule is CC(C)c1cnc(NC(=O)Cc2csc(N(C)CC(O)CO)n2)s1. The molecule has 0 spiro atoms. The van der Waals surface area contributed by atoms with Crippen LogP contribution in [0.1, 0.15) is 30.3 Å². The third-order valence-corrected chi connectivity index (χ3v) is 5.46. The van der Waals surface area contributed by atoms with Gasteiger partial charge in [-0.2, -0.15) is 0 Å². The third-order valence-electron chi connectivity index (χ3n) is 3.24. The molecular formula is C15H22N4O3S2. The molecule has 0 fully saturated rings. The Morgan fingerprint density at radius 3 is 2.83 bits per heavy atom. The lowest BCUT2D eigenvalue weighted by atomic mass is 10.2. The van der Waals surface area contributed by atoms with Gasteiger partial charge in [0.2, 0.25) is 5.91 Å². The number of amides is 1. The molecule has 7 nitrogen and oxygen atoms in total. The fraction of sp³-hybridized carbons (Fsp3) is 0.533. The van der Waals surface area contributed by atoms with Crippen LogP contribution in [-0.4, -0.2) is 52.4 Å². The lowest BCUT2D eigenvalue weighted by molar-refractivity contribution is -0.115. The van der Waals surface area contributed by atoms with Gasteiger partial charge in [0.25, 0.3) is 0 Å². The van der Waals surface area contributed by atoms with Crippen LogP contribution in [0.3, 0.4) is 0 Å². The van der Waals surface area contributed by atoms with Crippen molar-refractivity contribution in [3.05, 3.63) is 22.1 Å². The number of hydrogen-bond donors (Lipinski definition) is 3. The molecule has 2 aromatic heterocycles. The maximum absolute atomic E-state index is 12.1. The number of aliphatic hydroxyl groups excluding tert-OH is 2. The molecule has 1 atom stereocenters. The number of hydrogen-bond acceptors (Lipinski definition) is 8. The number of aliphatic hydroxyl groups is 2. The largest absolute Gasteiger partial charge is 0.394 e. The Morgan fingerprint density at radius 1 is 1.46 bits per heavy atom. The van der Waals surface area contributed by atoms with E-state index in [9.17, 15) is 9.90 Å². The zero-order valence-electron chi connectivity index (χ0n) is 13.9. The van der Waals surface area contributed by atoms with Crippen molar-refractivity contribution in [2.24, 2.45) is 0 Å². The summed E-state index contributed by atoms with van der Waals surface area (Å²) in [6.07, 6.45) is 1.14. The molecule has 2 heterocycles. The minimum atomic E-state index is -0.814. The van der Waals surface area contributed by atoms with Gasteiger partial charge in [0, 0.05) is 30.0 Å². The van der Waals surface area contributed by atoms with Gasteiger partial charge in [0.05, 0.1) is 24.8 Å². The number of rotatable bonds is 8. The summed E-state index contributed by atoms with van der Waals surface area (Å²) in [4.78, 5) is 23.6. The van der Waals surface area contributed by atoms with Crippen LogP contribution >= 0.6 is 22.7 Å². The standard InChI is InChI=1S/C15H22N4O3S2/c1-9(2)12-5-16-14(24-12)18-13(22)4-10-8-23-15(17-10)19(3)6-11(21)7-20/h5,8-9,11,20-21H,4,6-7H2,1-3H3,(H,16,18,22). The Morgan fingerprint density at radius 2 is 2.21 bits per heavy atom. The van der Waals surface area contributed by atoms with Crippen LogP contribution in [0.15, 0.2) is 11.6 Å². The molecule has 3 N–H and O–H groups in total. The van der Waals surface area contributed by atoms with E-state index in [-0.39, 0.29) is 25.5 Å². The zero-order valence-corrected chi connectivity index (χ0v) is 15.5. The van der Waals surface area contributed by atoms with Crippen molar-refractivity contribution in [1.29, 1.82) is 0 Å². The maximum atomic E-state index is 12.1. The van der Waals surface area contributed by atoms with Gasteiger partial charge < -0.3 is 20.4 Å². The van der Waals surface area contributed by atoms with Crippen LogP contribution in [0, 0.1) is 0 Å². The maximum Gasteiger partial charge on any atom is 0.232 e. The summed E-state index contributed by atoms with van der Waals surface area (Å²) in [6, 6.07) is 0. The zero-order chi connectivity index (χ0) is 17.7. The predicted molar refractivity (Wildman–Crippen MR) is 97.0 cm³/mol. The second-order valence-corrected chi connectivity index (χ2v) is 7.68. The summed E-state index contributed by atoms with van der Waals surface area (Å²) in [7, 11) is 1.78. The first-order valence-corrected chi connectivity index (χ1v) is 9.28. The number of anilines is 2. The van der Waals surface area contributed by atoms with Gasteiger partial charge in [-0.05, 0) is 5.92 Å². The Bertz CT molecular complexity index is 671. The smallest absolute Gasteiger partial charge is 0.232 e. The lowest BCUT2D eigenvalue weighted by Crippen LogP contribution is -2.31. The van der Waals surface area contributed by atoms with Gasteiger partial charge >= 0.3 is 0 Å². The second-order valence-electron chi connectivity index (χ2n) is 5.79. The Kier molecular flexibility index (Phi) is 6.67. The van der Waals surface area contributed by atoms with Crippen molar-refractivity contribution in [3.8, 4) is 0 Å². The number of carbonyl (C=O) groups excluding carboxylic acids is 1. The molecule has 1 unspecified atom stereocenters. The van der Waals surface area contributed by atoms with Crippen LogP contribution in [-0.2, 0) is 11.2 Å². The monoisotopic (exact) mass is 370 g/mol. The van der Waals surface area contributed by atoms with Crippen LogP contribution < -0.4 is 10.2 Å². The van der Waals surface area contributed by atoms with E-state index in [1.165, 1.54) is 22.7 Å². The van der Waals surface area contributed by atoms with E-state index in [4.69, 9.17) is 5.11 Å². The van der Waals surface area contributed by atoms with Gasteiger partial charge in [-0.25, -0.2) is 9.97 Å². The molecule has 0 radical (unpaired) electrons. The van der Waals surface area contributed by atoms with E-state index in [2.05, 4.69) is 29.1 Å². The molecule has 0 saturated heterocycles. The normalized spacial score (nSPS) is 12.4. The van der Waals surface area contributed by atoms with Gasteiger partial charge in [0.1, 0.15) is 0 Å². The molecule has 0 aromatic carbocycles. The van der Waals surface area contributed by atoms with E-state index in [0.717, 1.165) is 4.88 Å². The van der Waals surface area contributed by atoms with Crippen molar-refractivity contribution >= 4 is 38.8 Å². The molecule has 0 bridgehead atoms. The minimum Gasteiger partial charge on any atom is -0.394 e. The number of thiazole rings is 2. The average molecular weight is 371 g/mol. The van der Waals surface area contributed by atoms with E-state index in [1.54, 1.807) is 18.1 Å². The van der Waals surface area contributed by atoms with Gasteiger partial charge in [0.15, 0.2) is 10.3 Å². The topological polar surface area (TPSA) is 98.6 Å². The van der Waals surface area contributed by atoms with Crippen molar-refractivity contribution in [2.45, 2.75) is 32.3 Å². The average Bonchev–Trinajstić information content (AvgIpc) is 3.16. The first-order chi connectivity index (χ1) is 11.4. The van der Waals surface area contributed by atoms with Gasteiger partial charge in [-0.3, -0.25) is 4.79 Å². The fourth-order valence-corrected chi connectivity index (χ4v) is 3.58. The molecule has 2 rings (SSSR count). The summed E-state index contributed by atoms with van der Waals surface area (Å²) < 4.78 is 0. The highest BCUT2D eigenvalue weighted by molar-refractivity contribution is 7.15. The Balaban J connectivity index is 1.90. The minimum absolute atomic E-state index is 0.158. The first kappa shape index (κ1) is 18.8. The van der Waals surface area contributed by atoms with Gasteiger partial charge in [-0.15, -0.1) is 22.7 Å². The van der Waals surface area contributed by atoms with Crippen LogP contribution in [0.4, 0.5) is 10.3 Å². The van der Waals surface area contributed by atoms with E-state index in [0.29, 0.717) is 21.9 Å². The molecule has 2 aromatic rings. The fourth-order valence-electron chi connectivity index (χ4n) is 1.94. The van der Waals surface area contributed by atoms with Crippen LogP contribution in [0.25, 0.3) is 0 Å². The van der Waals surface area contributed by atoms with Crippen LogP contribution in [0.2, 0.25) is 0 Å². The van der Waals surface area contributed by atoms with Gasteiger partial charge in [-0.1, -0.05) is 13.8 Å². The number of nitrogens with one attached hydrogen (secondary N) is 1. The summed E-state index contributed by atoms with van der Waals surface area (Å²) >= 11 is 2.87. The first-order valence-electron chi connectivity index (χ1n) is 7.59. The summed E-state index contributed by atoms with van der Waals surface area (Å²) in [5.74, 6) is 0.230. The molecule has 0 aliphatic heterocycles. The van der Waals surface area contributed by atoms with Crippen molar-refractivity contribution < 1.29 is 15.0 Å². The van der Waals surface area contributed by atoms with Crippen molar-refractivity contribution in [1.82, 2.24) is 9.97 Å². The summed E-state index contributed by atoms with van der Waals surface area (Å²) in [6.45, 7) is 4.16. The molecule has 0 aliphatic rings. The summed E-state index contributed by atoms with van der Waals surface area (Å²) in [5, 5.41) is 24.2. The molecular weight excluding hydrogens is 348 g/mol. The van der Waals surface area contributed by atoms with E-state index >= 15 is 0 Å². The Hall–Kier alpha value is -1.55. The molecule has 9 heteroatoms. The molecule has 24 heavy (non-hydrogen) atoms. The van der Waals surface area contributed by atoms with E-state index in [1.807, 2.05) is 5.38 Å². The number of likely N-dealkylation sites (N-methyl/N-ethyl adjacent to an activating group) is 1. The molecule has 1 amide bonds. The van der Waals surface area contributed by atoms with Crippen LogP contribution in [0.5, 0.6) is 0 Å². The number of carbonyl (C=O) groups is 1. The van der Waals surface area contributed by atoms with Crippen molar-refractivity contribution in [3.63, 3.8) is 0 Å². The Labute approximate surface area is 149 Å².